The molecule has 0 spiro atoms. The zero-order chi connectivity index (χ0) is 21.2. The lowest BCUT2D eigenvalue weighted by molar-refractivity contribution is -0.117. The maximum Gasteiger partial charge on any atom is 0.169 e. The van der Waals surface area contributed by atoms with E-state index in [1.165, 1.54) is 0 Å². The zero-order valence-electron chi connectivity index (χ0n) is 17.3. The number of Topliss-reactive ketones (excluding diaryl/α,β-unsaturated/α-hetero) is 1. The van der Waals surface area contributed by atoms with Gasteiger partial charge in [-0.25, -0.2) is 0 Å². The predicted octanol–water partition coefficient (Wildman–Crippen LogP) is 4.87. The first kappa shape index (κ1) is 21.4. The van der Waals surface area contributed by atoms with Crippen LogP contribution in [0.5, 0.6) is 23.0 Å². The second kappa shape index (κ2) is 11.0. The zero-order valence-corrected chi connectivity index (χ0v) is 17.3. The van der Waals surface area contributed by atoms with E-state index in [-0.39, 0.29) is 5.78 Å². The molecule has 0 unspecified atom stereocenters. The highest BCUT2D eigenvalue weighted by atomic mass is 16.5. The number of rotatable bonds is 11. The van der Waals surface area contributed by atoms with Crippen LogP contribution >= 0.6 is 0 Å². The number of hydrogen-bond donors (Lipinski definition) is 0. The Hall–Kier alpha value is -3.31. The Morgan fingerprint density at radius 3 is 2.13 bits per heavy atom. The van der Waals surface area contributed by atoms with Gasteiger partial charge < -0.3 is 18.9 Å². The summed E-state index contributed by atoms with van der Waals surface area (Å²) < 4.78 is 22.0. The van der Waals surface area contributed by atoms with Crippen molar-refractivity contribution >= 4 is 5.78 Å². The van der Waals surface area contributed by atoms with Gasteiger partial charge in [0.15, 0.2) is 11.5 Å². The summed E-state index contributed by atoms with van der Waals surface area (Å²) in [5.41, 5.74) is 1.84. The standard InChI is InChI=1S/C25H26O5/c1-27-14-15-29-25-18-20(10-13-24(25)30-23-6-4-3-5-7-23)17-21(26)16-19-8-11-22(28-2)12-9-19/h3-13,18H,14-17H2,1-2H3. The number of ketones is 1. The number of methoxy groups -OCH3 is 2. The molecule has 0 fully saturated rings. The molecule has 0 saturated carbocycles. The number of ether oxygens (including phenoxy) is 4. The second-order valence-corrected chi connectivity index (χ2v) is 6.78. The van der Waals surface area contributed by atoms with E-state index in [9.17, 15) is 4.79 Å². The van der Waals surface area contributed by atoms with Crippen LogP contribution in [0.1, 0.15) is 11.1 Å². The van der Waals surface area contributed by atoms with Gasteiger partial charge in [-0.05, 0) is 47.5 Å². The number of carbonyl (C=O) groups is 1. The van der Waals surface area contributed by atoms with Crippen LogP contribution in [0.2, 0.25) is 0 Å². The van der Waals surface area contributed by atoms with E-state index in [1.807, 2.05) is 72.8 Å². The number of carbonyl (C=O) groups excluding carboxylic acids is 1. The fourth-order valence-corrected chi connectivity index (χ4v) is 2.97. The molecule has 0 aromatic heterocycles. The van der Waals surface area contributed by atoms with Crippen LogP contribution in [0.4, 0.5) is 0 Å². The first-order valence-electron chi connectivity index (χ1n) is 9.80. The molecule has 3 aromatic rings. The maximum absolute atomic E-state index is 12.6. The minimum atomic E-state index is 0.125. The summed E-state index contributed by atoms with van der Waals surface area (Å²) in [6, 6.07) is 22.6. The van der Waals surface area contributed by atoms with Crippen molar-refractivity contribution in [2.45, 2.75) is 12.8 Å². The molecule has 0 aliphatic heterocycles. The highest BCUT2D eigenvalue weighted by Crippen LogP contribution is 2.33. The van der Waals surface area contributed by atoms with E-state index in [0.717, 1.165) is 22.6 Å². The van der Waals surface area contributed by atoms with Gasteiger partial charge in [0.1, 0.15) is 23.9 Å². The van der Waals surface area contributed by atoms with Gasteiger partial charge in [-0.3, -0.25) is 4.79 Å². The summed E-state index contributed by atoms with van der Waals surface area (Å²) in [7, 11) is 3.25. The van der Waals surface area contributed by atoms with Crippen molar-refractivity contribution in [3.05, 3.63) is 83.9 Å². The van der Waals surface area contributed by atoms with Gasteiger partial charge in [0.05, 0.1) is 13.7 Å². The average Bonchev–Trinajstić information content (AvgIpc) is 2.77. The third kappa shape index (κ3) is 6.36. The maximum atomic E-state index is 12.6. The van der Waals surface area contributed by atoms with Crippen molar-refractivity contribution in [1.82, 2.24) is 0 Å². The lowest BCUT2D eigenvalue weighted by atomic mass is 10.0. The smallest absolute Gasteiger partial charge is 0.169 e. The molecule has 0 aliphatic rings. The van der Waals surface area contributed by atoms with Gasteiger partial charge in [-0.2, -0.15) is 0 Å². The third-order valence-corrected chi connectivity index (χ3v) is 4.49. The Kier molecular flexibility index (Phi) is 7.86. The summed E-state index contributed by atoms with van der Waals surface area (Å²) in [6.45, 7) is 0.857. The summed E-state index contributed by atoms with van der Waals surface area (Å²) in [6.07, 6.45) is 0.685. The normalized spacial score (nSPS) is 10.5. The van der Waals surface area contributed by atoms with E-state index in [2.05, 4.69) is 0 Å². The topological polar surface area (TPSA) is 54.0 Å². The Bertz CT molecular complexity index is 936. The van der Waals surface area contributed by atoms with E-state index in [1.54, 1.807) is 14.2 Å². The number of hydrogen-bond acceptors (Lipinski definition) is 5. The van der Waals surface area contributed by atoms with E-state index in [4.69, 9.17) is 18.9 Å². The van der Waals surface area contributed by atoms with Crippen molar-refractivity contribution in [1.29, 1.82) is 0 Å². The molecule has 3 aromatic carbocycles. The molecular formula is C25H26O5. The van der Waals surface area contributed by atoms with Crippen LogP contribution in [-0.2, 0) is 22.4 Å². The van der Waals surface area contributed by atoms with E-state index < -0.39 is 0 Å². The Labute approximate surface area is 177 Å². The lowest BCUT2D eigenvalue weighted by Gasteiger charge is -2.14. The van der Waals surface area contributed by atoms with E-state index in [0.29, 0.717) is 37.6 Å². The van der Waals surface area contributed by atoms with Crippen molar-refractivity contribution in [3.8, 4) is 23.0 Å². The first-order valence-corrected chi connectivity index (χ1v) is 9.80. The van der Waals surface area contributed by atoms with Crippen LogP contribution in [0.25, 0.3) is 0 Å². The van der Waals surface area contributed by atoms with Crippen LogP contribution in [0.3, 0.4) is 0 Å². The highest BCUT2D eigenvalue weighted by molar-refractivity contribution is 5.83. The first-order chi connectivity index (χ1) is 14.7. The molecule has 0 N–H and O–H groups in total. The van der Waals surface area contributed by atoms with Gasteiger partial charge in [-0.1, -0.05) is 36.4 Å². The van der Waals surface area contributed by atoms with Crippen molar-refractivity contribution in [2.75, 3.05) is 27.4 Å². The summed E-state index contributed by atoms with van der Waals surface area (Å²) >= 11 is 0. The number of benzene rings is 3. The monoisotopic (exact) mass is 406 g/mol. The molecule has 30 heavy (non-hydrogen) atoms. The van der Waals surface area contributed by atoms with Crippen LogP contribution in [0.15, 0.2) is 72.8 Å². The van der Waals surface area contributed by atoms with Gasteiger partial charge in [0.25, 0.3) is 0 Å². The third-order valence-electron chi connectivity index (χ3n) is 4.49. The van der Waals surface area contributed by atoms with Crippen molar-refractivity contribution in [3.63, 3.8) is 0 Å². The largest absolute Gasteiger partial charge is 0.497 e. The van der Waals surface area contributed by atoms with Gasteiger partial charge in [0.2, 0.25) is 0 Å². The van der Waals surface area contributed by atoms with Crippen LogP contribution in [0, 0.1) is 0 Å². The Morgan fingerprint density at radius 1 is 0.733 bits per heavy atom. The molecule has 5 nitrogen and oxygen atoms in total. The Balaban J connectivity index is 1.70. The minimum Gasteiger partial charge on any atom is -0.497 e. The molecule has 3 rings (SSSR count). The lowest BCUT2D eigenvalue weighted by Crippen LogP contribution is -2.08. The molecule has 0 heterocycles. The molecule has 0 saturated heterocycles. The summed E-state index contributed by atoms with van der Waals surface area (Å²) in [5, 5.41) is 0. The number of para-hydroxylation sites is 1. The summed E-state index contributed by atoms with van der Waals surface area (Å²) in [4.78, 5) is 12.6. The molecule has 0 amide bonds. The highest BCUT2D eigenvalue weighted by Gasteiger charge is 2.12. The molecule has 0 radical (unpaired) electrons. The molecule has 0 atom stereocenters. The second-order valence-electron chi connectivity index (χ2n) is 6.78. The molecule has 156 valence electrons. The fourth-order valence-electron chi connectivity index (χ4n) is 2.97. The molecule has 5 heteroatoms. The SMILES string of the molecule is COCCOc1cc(CC(=O)Cc2ccc(OC)cc2)ccc1Oc1ccccc1. The van der Waals surface area contributed by atoms with Crippen molar-refractivity contribution in [2.24, 2.45) is 0 Å². The average molecular weight is 406 g/mol. The van der Waals surface area contributed by atoms with Crippen LogP contribution < -0.4 is 14.2 Å². The molecule has 0 bridgehead atoms. The van der Waals surface area contributed by atoms with Gasteiger partial charge in [-0.15, -0.1) is 0 Å². The summed E-state index contributed by atoms with van der Waals surface area (Å²) in [5.74, 6) is 2.81. The molecule has 0 aliphatic carbocycles. The van der Waals surface area contributed by atoms with Gasteiger partial charge >= 0.3 is 0 Å². The van der Waals surface area contributed by atoms with E-state index >= 15 is 0 Å². The van der Waals surface area contributed by atoms with Gasteiger partial charge in [0, 0.05) is 20.0 Å². The van der Waals surface area contributed by atoms with Crippen LogP contribution in [-0.4, -0.2) is 33.2 Å². The quantitative estimate of drug-likeness (QED) is 0.425. The van der Waals surface area contributed by atoms with Crippen molar-refractivity contribution < 1.29 is 23.7 Å². The predicted molar refractivity (Wildman–Crippen MR) is 116 cm³/mol. The fraction of sp³-hybridized carbons (Fsp3) is 0.240. The molecular weight excluding hydrogens is 380 g/mol. The minimum absolute atomic E-state index is 0.125. The Morgan fingerprint density at radius 2 is 1.43 bits per heavy atom.